The Labute approximate surface area is 129 Å². The summed E-state index contributed by atoms with van der Waals surface area (Å²) in [4.78, 5) is 11.5. The standard InChI is InChI=1S/C15H21ClFNO3/c1-11(2)9-20-7-3-6-18-15(19)10-21-12-4-5-14(17)13(16)8-12/h4-5,8,11H,3,6-7,9-10H2,1-2H3,(H,18,19). The van der Waals surface area contributed by atoms with Crippen molar-refractivity contribution in [2.45, 2.75) is 20.3 Å². The van der Waals surface area contributed by atoms with E-state index in [1.54, 1.807) is 0 Å². The molecule has 4 nitrogen and oxygen atoms in total. The van der Waals surface area contributed by atoms with Gasteiger partial charge in [0.25, 0.3) is 5.91 Å². The van der Waals surface area contributed by atoms with E-state index in [9.17, 15) is 9.18 Å². The number of hydrogen-bond acceptors (Lipinski definition) is 3. The minimum absolute atomic E-state index is 0.0322. The van der Waals surface area contributed by atoms with Crippen LogP contribution in [0.4, 0.5) is 4.39 Å². The molecular weight excluding hydrogens is 297 g/mol. The number of carbonyl (C=O) groups is 1. The first kappa shape index (κ1) is 17.7. The van der Waals surface area contributed by atoms with E-state index < -0.39 is 5.82 Å². The fourth-order valence-electron chi connectivity index (χ4n) is 1.49. The van der Waals surface area contributed by atoms with Crippen molar-refractivity contribution >= 4 is 17.5 Å². The zero-order chi connectivity index (χ0) is 15.7. The maximum Gasteiger partial charge on any atom is 0.257 e. The van der Waals surface area contributed by atoms with Crippen LogP contribution in [-0.4, -0.2) is 32.3 Å². The topological polar surface area (TPSA) is 47.6 Å². The quantitative estimate of drug-likeness (QED) is 0.712. The first-order valence-electron chi connectivity index (χ1n) is 6.91. The van der Waals surface area contributed by atoms with Crippen molar-refractivity contribution in [3.63, 3.8) is 0 Å². The van der Waals surface area contributed by atoms with E-state index in [-0.39, 0.29) is 17.5 Å². The molecule has 1 N–H and O–H groups in total. The lowest BCUT2D eigenvalue weighted by Gasteiger charge is -2.09. The molecule has 0 aromatic heterocycles. The number of benzene rings is 1. The van der Waals surface area contributed by atoms with Crippen LogP contribution in [0.25, 0.3) is 0 Å². The molecule has 118 valence electrons. The highest BCUT2D eigenvalue weighted by Gasteiger charge is 2.05. The van der Waals surface area contributed by atoms with Gasteiger partial charge < -0.3 is 14.8 Å². The van der Waals surface area contributed by atoms with Gasteiger partial charge in [0.05, 0.1) is 5.02 Å². The van der Waals surface area contributed by atoms with Gasteiger partial charge in [0, 0.05) is 25.8 Å². The lowest BCUT2D eigenvalue weighted by atomic mass is 10.2. The van der Waals surface area contributed by atoms with Gasteiger partial charge in [-0.1, -0.05) is 25.4 Å². The van der Waals surface area contributed by atoms with Crippen LogP contribution in [0.5, 0.6) is 5.75 Å². The average Bonchev–Trinajstić information content (AvgIpc) is 2.43. The number of halogens is 2. The summed E-state index contributed by atoms with van der Waals surface area (Å²) in [5.74, 6) is 0.113. The molecule has 0 heterocycles. The Morgan fingerprint density at radius 2 is 2.19 bits per heavy atom. The fraction of sp³-hybridized carbons (Fsp3) is 0.533. The molecule has 0 aliphatic carbocycles. The molecule has 0 aliphatic heterocycles. The Hall–Kier alpha value is -1.33. The summed E-state index contributed by atoms with van der Waals surface area (Å²) in [5.41, 5.74) is 0. The lowest BCUT2D eigenvalue weighted by molar-refractivity contribution is -0.123. The second kappa shape index (κ2) is 9.58. The normalized spacial score (nSPS) is 10.7. The summed E-state index contributed by atoms with van der Waals surface area (Å²) in [6, 6.07) is 3.96. The fourth-order valence-corrected chi connectivity index (χ4v) is 1.66. The van der Waals surface area contributed by atoms with E-state index in [0.717, 1.165) is 13.0 Å². The molecule has 1 aromatic rings. The third-order valence-electron chi connectivity index (χ3n) is 2.50. The lowest BCUT2D eigenvalue weighted by Crippen LogP contribution is -2.30. The monoisotopic (exact) mass is 317 g/mol. The van der Waals surface area contributed by atoms with Crippen molar-refractivity contribution in [3.05, 3.63) is 29.0 Å². The van der Waals surface area contributed by atoms with Gasteiger partial charge in [-0.15, -0.1) is 0 Å². The highest BCUT2D eigenvalue weighted by molar-refractivity contribution is 6.30. The van der Waals surface area contributed by atoms with Gasteiger partial charge >= 0.3 is 0 Å². The molecule has 1 aromatic carbocycles. The first-order valence-corrected chi connectivity index (χ1v) is 7.29. The largest absolute Gasteiger partial charge is 0.484 e. The van der Waals surface area contributed by atoms with Crippen LogP contribution in [0.1, 0.15) is 20.3 Å². The highest BCUT2D eigenvalue weighted by Crippen LogP contribution is 2.20. The van der Waals surface area contributed by atoms with Crippen molar-refractivity contribution in [2.75, 3.05) is 26.4 Å². The van der Waals surface area contributed by atoms with Gasteiger partial charge in [0.15, 0.2) is 6.61 Å². The maximum atomic E-state index is 12.9. The molecule has 0 radical (unpaired) electrons. The molecule has 0 unspecified atom stereocenters. The van der Waals surface area contributed by atoms with Gasteiger partial charge in [-0.05, 0) is 24.5 Å². The number of nitrogens with one attached hydrogen (secondary N) is 1. The van der Waals surface area contributed by atoms with E-state index in [1.165, 1.54) is 18.2 Å². The zero-order valence-corrected chi connectivity index (χ0v) is 13.1. The third kappa shape index (κ3) is 7.87. The van der Waals surface area contributed by atoms with E-state index in [0.29, 0.717) is 24.8 Å². The third-order valence-corrected chi connectivity index (χ3v) is 2.79. The number of amides is 1. The maximum absolute atomic E-state index is 12.9. The summed E-state index contributed by atoms with van der Waals surface area (Å²) in [6.07, 6.45) is 0.751. The summed E-state index contributed by atoms with van der Waals surface area (Å²) in [6.45, 7) is 5.91. The SMILES string of the molecule is CC(C)COCCCNC(=O)COc1ccc(F)c(Cl)c1. The molecule has 0 atom stereocenters. The first-order chi connectivity index (χ1) is 9.99. The van der Waals surface area contributed by atoms with Crippen LogP contribution in [0, 0.1) is 11.7 Å². The Morgan fingerprint density at radius 1 is 1.43 bits per heavy atom. The van der Waals surface area contributed by atoms with Gasteiger partial charge in [-0.2, -0.15) is 0 Å². The Morgan fingerprint density at radius 3 is 2.86 bits per heavy atom. The van der Waals surface area contributed by atoms with Crippen molar-refractivity contribution in [1.29, 1.82) is 0 Å². The summed E-state index contributed by atoms with van der Waals surface area (Å²) in [7, 11) is 0. The van der Waals surface area contributed by atoms with Gasteiger partial charge in [-0.3, -0.25) is 4.79 Å². The minimum atomic E-state index is -0.519. The van der Waals surface area contributed by atoms with Crippen LogP contribution in [0.3, 0.4) is 0 Å². The Balaban J connectivity index is 2.12. The molecule has 0 fully saturated rings. The number of rotatable bonds is 9. The molecule has 0 spiro atoms. The van der Waals surface area contributed by atoms with E-state index in [2.05, 4.69) is 19.2 Å². The van der Waals surface area contributed by atoms with E-state index in [1.807, 2.05) is 0 Å². The van der Waals surface area contributed by atoms with Gasteiger partial charge in [-0.25, -0.2) is 4.39 Å². The number of carbonyl (C=O) groups excluding carboxylic acids is 1. The van der Waals surface area contributed by atoms with Crippen molar-refractivity contribution in [1.82, 2.24) is 5.32 Å². The molecule has 1 amide bonds. The highest BCUT2D eigenvalue weighted by atomic mass is 35.5. The van der Waals surface area contributed by atoms with Crippen LogP contribution in [0.2, 0.25) is 5.02 Å². The Kier molecular flexibility index (Phi) is 8.08. The van der Waals surface area contributed by atoms with E-state index in [4.69, 9.17) is 21.1 Å². The zero-order valence-electron chi connectivity index (χ0n) is 12.3. The molecule has 1 rings (SSSR count). The van der Waals surface area contributed by atoms with Crippen LogP contribution < -0.4 is 10.1 Å². The molecular formula is C15H21ClFNO3. The van der Waals surface area contributed by atoms with Gasteiger partial charge in [0.2, 0.25) is 0 Å². The number of ether oxygens (including phenoxy) is 2. The number of hydrogen-bond donors (Lipinski definition) is 1. The molecule has 0 aliphatic rings. The molecule has 21 heavy (non-hydrogen) atoms. The Bertz CT molecular complexity index is 455. The van der Waals surface area contributed by atoms with Crippen molar-refractivity contribution in [3.8, 4) is 5.75 Å². The van der Waals surface area contributed by atoms with E-state index >= 15 is 0 Å². The second-order valence-electron chi connectivity index (χ2n) is 5.04. The minimum Gasteiger partial charge on any atom is -0.484 e. The van der Waals surface area contributed by atoms with Crippen LogP contribution in [0.15, 0.2) is 18.2 Å². The predicted octanol–water partition coefficient (Wildman–Crippen LogP) is 3.04. The second-order valence-corrected chi connectivity index (χ2v) is 5.44. The summed E-state index contributed by atoms with van der Waals surface area (Å²) in [5, 5.41) is 2.68. The predicted molar refractivity (Wildman–Crippen MR) is 80.2 cm³/mol. The average molecular weight is 318 g/mol. The summed E-state index contributed by atoms with van der Waals surface area (Å²) < 4.78 is 23.6. The van der Waals surface area contributed by atoms with Crippen LogP contribution >= 0.6 is 11.6 Å². The van der Waals surface area contributed by atoms with Crippen molar-refractivity contribution < 1.29 is 18.7 Å². The molecule has 0 saturated heterocycles. The van der Waals surface area contributed by atoms with Crippen LogP contribution in [-0.2, 0) is 9.53 Å². The summed E-state index contributed by atoms with van der Waals surface area (Å²) >= 11 is 5.61. The van der Waals surface area contributed by atoms with Gasteiger partial charge in [0.1, 0.15) is 11.6 Å². The smallest absolute Gasteiger partial charge is 0.257 e. The van der Waals surface area contributed by atoms with Crippen molar-refractivity contribution in [2.24, 2.45) is 5.92 Å². The molecule has 6 heteroatoms. The molecule has 0 saturated carbocycles. The molecule has 0 bridgehead atoms.